The van der Waals surface area contributed by atoms with Gasteiger partial charge in [-0.05, 0) is 74.3 Å². The molecule has 44 nitrogen and oxygen atoms in total. The number of hydrogen-bond acceptors (Lipinski definition) is 22. The van der Waals surface area contributed by atoms with Gasteiger partial charge in [0.1, 0.15) is 78.5 Å². The molecule has 4 aromatic heterocycles. The first-order valence-electron chi connectivity index (χ1n) is 44.3. The summed E-state index contributed by atoms with van der Waals surface area (Å²) in [6, 6.07) is 2.48. The molecule has 17 amide bonds. The summed E-state index contributed by atoms with van der Waals surface area (Å²) < 4.78 is 0. The Hall–Kier alpha value is -14.3. The predicted molar refractivity (Wildman–Crippen MR) is 492 cm³/mol. The number of rotatable bonds is 26. The maximum atomic E-state index is 15.7. The van der Waals surface area contributed by atoms with Crippen LogP contribution in [0.1, 0.15) is 119 Å². The van der Waals surface area contributed by atoms with Gasteiger partial charge in [-0.2, -0.15) is 0 Å². The van der Waals surface area contributed by atoms with Gasteiger partial charge >= 0.3 is 0 Å². The van der Waals surface area contributed by atoms with E-state index < -0.39 is 223 Å². The molecule has 6 heterocycles. The second kappa shape index (κ2) is 50.4. The summed E-state index contributed by atoms with van der Waals surface area (Å²) in [6.07, 6.45) is 8.23. The lowest BCUT2D eigenvalue weighted by atomic mass is 10.00. The van der Waals surface area contributed by atoms with E-state index in [2.05, 4.69) is 88.4 Å². The van der Waals surface area contributed by atoms with Crippen LogP contribution in [0.5, 0.6) is 0 Å². The number of nitrogens with zero attached hydrogens (tertiary/aromatic N) is 7. The Kier molecular flexibility index (Phi) is 38.9. The van der Waals surface area contributed by atoms with Crippen molar-refractivity contribution in [3.05, 3.63) is 144 Å². The number of imidazole rings is 2. The molecule has 3 aromatic carbocycles. The number of amides is 17. The Morgan fingerprint density at radius 1 is 0.500 bits per heavy atom. The summed E-state index contributed by atoms with van der Waals surface area (Å²) in [4.78, 5) is 275. The molecule has 13 atom stereocenters. The zero-order valence-electron chi connectivity index (χ0n) is 75.9. The van der Waals surface area contributed by atoms with Gasteiger partial charge in [-0.1, -0.05) is 106 Å². The quantitative estimate of drug-likeness (QED) is 0.0144. The van der Waals surface area contributed by atoms with Crippen molar-refractivity contribution in [3.8, 4) is 0 Å². The summed E-state index contributed by atoms with van der Waals surface area (Å²) in [5.41, 5.74) is 20.3. The first kappa shape index (κ1) is 103. The Morgan fingerprint density at radius 3 is 1.59 bits per heavy atom. The SMILES string of the molecule is CCCC[C@H]1C(=O)N(C)[C@@H](CCCC)C(=O)N[C@@H](CCCNC(=N)N)C(=O)NC(C(=O)NCC(N)=O)CSCC(=O)N[C@@H](Cc2ccccc2)C(=O)N(C)[C@@H](C)C(=O)N[C@@H](CC(N)=O)C(=O)N2CCC[C@H]2C(=O)N[C@@H](Cc2cnc[nH]2)C(=O)N[C@@H](Cc2cnc[nH]2)C(=O)N(C)CC(=O)N[C@@H](Cc2c[nH]c3ccccc23)C(=O)N[C@@H](CO)C(=O)N[C@@H](Cc2c[nH]c3ccccc23)C(=O)N1C. The van der Waals surface area contributed by atoms with Crippen LogP contribution in [0.15, 0.2) is 116 Å². The number of aliphatic hydroxyl groups excluding tert-OH is 1. The number of fused-ring (bicyclic) bond motifs is 3. The van der Waals surface area contributed by atoms with Gasteiger partial charge in [-0.3, -0.25) is 86.9 Å². The van der Waals surface area contributed by atoms with E-state index in [0.29, 0.717) is 75.6 Å². The molecule has 0 radical (unpaired) electrons. The lowest BCUT2D eigenvalue weighted by Crippen LogP contribution is -2.61. The van der Waals surface area contributed by atoms with E-state index in [1.165, 1.54) is 60.2 Å². The molecular weight excluding hydrogens is 1750 g/mol. The number of likely N-dealkylation sites (N-methyl/N-ethyl adjacent to an activating group) is 4. The summed E-state index contributed by atoms with van der Waals surface area (Å²) in [5.74, 6) is -17.1. The molecule has 2 fully saturated rings. The third kappa shape index (κ3) is 29.4. The zero-order valence-corrected chi connectivity index (χ0v) is 76.7. The Balaban J connectivity index is 1.09. The van der Waals surface area contributed by atoms with Crippen LogP contribution in [0, 0.1) is 5.41 Å². The molecule has 0 bridgehead atoms. The van der Waals surface area contributed by atoms with Crippen LogP contribution in [0.3, 0.4) is 0 Å². The van der Waals surface area contributed by atoms with Gasteiger partial charge < -0.3 is 125 Å². The highest BCUT2D eigenvalue weighted by Crippen LogP contribution is 2.26. The van der Waals surface area contributed by atoms with Crippen molar-refractivity contribution in [2.45, 2.75) is 202 Å². The van der Waals surface area contributed by atoms with Gasteiger partial charge in [-0.15, -0.1) is 11.8 Å². The number of hydrogen-bond donors (Lipinski definition) is 20. The number of aromatic amines is 4. The maximum Gasteiger partial charge on any atom is 0.246 e. The molecule has 7 aromatic rings. The highest BCUT2D eigenvalue weighted by Gasteiger charge is 2.44. The maximum absolute atomic E-state index is 15.7. The number of aromatic nitrogens is 6. The summed E-state index contributed by atoms with van der Waals surface area (Å²) in [6.45, 7) is 2.28. The minimum absolute atomic E-state index is 0.0000762. The fourth-order valence-electron chi connectivity index (χ4n) is 15.9. The van der Waals surface area contributed by atoms with Crippen LogP contribution in [-0.2, 0) is 114 Å². The van der Waals surface area contributed by atoms with E-state index in [-0.39, 0.29) is 83.7 Å². The highest BCUT2D eigenvalue weighted by molar-refractivity contribution is 8.00. The first-order valence-corrected chi connectivity index (χ1v) is 45.5. The fourth-order valence-corrected chi connectivity index (χ4v) is 16.8. The van der Waals surface area contributed by atoms with Crippen LogP contribution in [-0.4, -0.2) is 317 Å². The summed E-state index contributed by atoms with van der Waals surface area (Å²) in [5, 5.41) is 49.3. The molecule has 134 heavy (non-hydrogen) atoms. The third-order valence-corrected chi connectivity index (χ3v) is 24.4. The fraction of sp³-hybridized carbons (Fsp3) is 0.483. The van der Waals surface area contributed by atoms with Crippen LogP contribution in [0.25, 0.3) is 21.8 Å². The normalized spacial score (nSPS) is 23.3. The number of nitrogens with two attached hydrogens (primary N) is 3. The second-order valence-corrected chi connectivity index (χ2v) is 34.3. The number of aliphatic hydroxyl groups is 1. The Morgan fingerprint density at radius 2 is 1.01 bits per heavy atom. The summed E-state index contributed by atoms with van der Waals surface area (Å²) >= 11 is 0.791. The van der Waals surface area contributed by atoms with Gasteiger partial charge in [0.25, 0.3) is 0 Å². The molecular formula is C89H122N26O18S. The van der Waals surface area contributed by atoms with E-state index in [1.54, 1.807) is 91.3 Å². The number of unbranched alkanes of at least 4 members (excludes halogenated alkanes) is 2. The van der Waals surface area contributed by atoms with E-state index in [4.69, 9.17) is 22.6 Å². The van der Waals surface area contributed by atoms with Crippen LogP contribution >= 0.6 is 11.8 Å². The average Bonchev–Trinajstić information content (AvgIpc) is 1.66. The molecule has 9 rings (SSSR count). The number of nitrogens with one attached hydrogen (secondary N) is 16. The Labute approximate surface area is 777 Å². The summed E-state index contributed by atoms with van der Waals surface area (Å²) in [7, 11) is 5.20. The van der Waals surface area contributed by atoms with E-state index in [1.807, 2.05) is 13.8 Å². The van der Waals surface area contributed by atoms with Crippen LogP contribution in [0.4, 0.5) is 0 Å². The monoisotopic (exact) mass is 1870 g/mol. The number of thioether (sulfide) groups is 1. The van der Waals surface area contributed by atoms with Gasteiger partial charge in [0, 0.05) is 137 Å². The van der Waals surface area contributed by atoms with Crippen molar-refractivity contribution < 1.29 is 86.6 Å². The largest absolute Gasteiger partial charge is 0.394 e. The molecule has 2 aliphatic rings. The predicted octanol–water partition coefficient (Wildman–Crippen LogP) is -3.22. The molecule has 2 saturated heterocycles. The van der Waals surface area contributed by atoms with Crippen molar-refractivity contribution >= 4 is 140 Å². The minimum atomic E-state index is -1.87. The molecule has 0 spiro atoms. The number of guanidine groups is 1. The van der Waals surface area contributed by atoms with E-state index in [0.717, 1.165) is 36.3 Å². The standard InChI is InChI=1S/C89H122N26O18S/c1-8-10-28-69-82(127)104-60(27-19-31-96-89(92)93)78(123)110-68(77(122)99-43-73(91)118)46-134-47-75(120)103-63(33-51-21-13-12-14-22-51)85(130)112(5)50(3)76(121)106-66(38-72(90)117)87(132)115-32-20-30-70(115)83(128)105-62(36-54-41-94-48-100-54)80(125)108-65(37-55-42-95-49-101-55)84(129)111(4)44-74(119)102-61(34-52-39-97-58-25-17-15-23-56(52)58)79(124)109-67(45-116)81(126)107-64(35-53-40-98-59-26-18-16-24-57(53)59)86(131)114(7)71(29-11-9-2)88(133)113(69)6/h12-18,21-26,39-42,48-50,60-71,97-98,116H,8-11,19-20,27-38,43-47H2,1-7H3,(H2,90,117)(H2,91,118)(H,94,100)(H,95,101)(H,99,122)(H,102,119)(H,103,120)(H,104,127)(H,105,128)(H,106,121)(H,107,126)(H,108,125)(H,109,124)(H,110,123)(H4,92,93,96)/t50-,60-,61-,62-,63-,64-,65-,66-,67-,68?,69-,70-,71-/m0/s1. The third-order valence-electron chi connectivity index (χ3n) is 23.4. The molecule has 45 heteroatoms. The molecule has 23 N–H and O–H groups in total. The van der Waals surface area contributed by atoms with Gasteiger partial charge in [0.2, 0.25) is 100 Å². The van der Waals surface area contributed by atoms with E-state index >= 15 is 33.6 Å². The number of para-hydroxylation sites is 2. The number of primary amides is 2. The number of carbonyl (C=O) groups excluding carboxylic acids is 17. The lowest BCUT2D eigenvalue weighted by molar-refractivity contribution is -0.149. The molecule has 722 valence electrons. The zero-order chi connectivity index (χ0) is 97.4. The average molecular weight is 1880 g/mol. The van der Waals surface area contributed by atoms with Crippen LogP contribution < -0.4 is 75.7 Å². The second-order valence-electron chi connectivity index (χ2n) is 33.3. The Bertz CT molecular complexity index is 5290. The van der Waals surface area contributed by atoms with Crippen molar-refractivity contribution in [2.75, 3.05) is 72.5 Å². The number of benzene rings is 3. The molecule has 0 aliphatic carbocycles. The first-order chi connectivity index (χ1) is 64.1. The number of H-pyrrole nitrogens is 4. The van der Waals surface area contributed by atoms with Crippen molar-refractivity contribution in [1.29, 1.82) is 5.41 Å². The highest BCUT2D eigenvalue weighted by atomic mass is 32.2. The van der Waals surface area contributed by atoms with Crippen LogP contribution in [0.2, 0.25) is 0 Å². The lowest BCUT2D eigenvalue weighted by Gasteiger charge is -2.36. The van der Waals surface area contributed by atoms with Gasteiger partial charge in [0.05, 0.1) is 44.5 Å². The number of carbonyl (C=O) groups is 17. The van der Waals surface area contributed by atoms with Crippen molar-refractivity contribution in [1.82, 2.24) is 113 Å². The molecule has 0 saturated carbocycles. The van der Waals surface area contributed by atoms with Gasteiger partial charge in [0.15, 0.2) is 5.96 Å². The topological polar surface area (TPSA) is 650 Å². The van der Waals surface area contributed by atoms with E-state index in [9.17, 15) is 53.1 Å². The minimum Gasteiger partial charge on any atom is -0.394 e. The molecule has 1 unspecified atom stereocenters. The smallest absolute Gasteiger partial charge is 0.246 e. The van der Waals surface area contributed by atoms with Crippen molar-refractivity contribution in [3.63, 3.8) is 0 Å². The molecule has 2 aliphatic heterocycles. The van der Waals surface area contributed by atoms with Gasteiger partial charge in [-0.25, -0.2) is 9.97 Å². The van der Waals surface area contributed by atoms with Crippen molar-refractivity contribution in [2.24, 2.45) is 17.2 Å².